The lowest BCUT2D eigenvalue weighted by atomic mass is 9.98. The summed E-state index contributed by atoms with van der Waals surface area (Å²) in [6.45, 7) is 13.1. The van der Waals surface area contributed by atoms with E-state index < -0.39 is 5.54 Å². The van der Waals surface area contributed by atoms with Crippen molar-refractivity contribution in [3.05, 3.63) is 0 Å². The first-order valence-corrected chi connectivity index (χ1v) is 6.91. The smallest absolute Gasteiger partial charge is 0.327 e. The Morgan fingerprint density at radius 1 is 1.53 bits per heavy atom. The van der Waals surface area contributed by atoms with E-state index in [-0.39, 0.29) is 17.6 Å². The van der Waals surface area contributed by atoms with Crippen LogP contribution < -0.4 is 5.32 Å². The maximum atomic E-state index is 12.1. The second kappa shape index (κ2) is 6.20. The highest BCUT2D eigenvalue weighted by Gasteiger charge is 2.39. The normalized spacial score (nSPS) is 23.1. The van der Waals surface area contributed by atoms with E-state index >= 15 is 0 Å². The minimum Gasteiger partial charge on any atom is -0.468 e. The Bertz CT molecular complexity index is 318. The van der Waals surface area contributed by atoms with Crippen LogP contribution in [0.25, 0.3) is 0 Å². The molecule has 112 valence electrons. The quantitative estimate of drug-likeness (QED) is 0.758. The van der Waals surface area contributed by atoms with Crippen LogP contribution in [0.5, 0.6) is 0 Å². The van der Waals surface area contributed by atoms with Gasteiger partial charge in [-0.2, -0.15) is 0 Å². The highest BCUT2D eigenvalue weighted by Crippen LogP contribution is 2.19. The molecule has 0 spiro atoms. The SMILES string of the molecule is COC(=O)C(C)(CN1CCOC(C)(C)C1)NC(C)C. The van der Waals surface area contributed by atoms with Crippen molar-refractivity contribution >= 4 is 5.97 Å². The van der Waals surface area contributed by atoms with Gasteiger partial charge in [0.05, 0.1) is 19.3 Å². The molecule has 1 N–H and O–H groups in total. The van der Waals surface area contributed by atoms with Gasteiger partial charge in [-0.25, -0.2) is 0 Å². The summed E-state index contributed by atoms with van der Waals surface area (Å²) in [4.78, 5) is 14.3. The second-order valence-electron chi connectivity index (χ2n) is 6.44. The first kappa shape index (κ1) is 16.4. The highest BCUT2D eigenvalue weighted by atomic mass is 16.5. The molecule has 0 aliphatic carbocycles. The molecule has 1 aliphatic heterocycles. The van der Waals surface area contributed by atoms with Gasteiger partial charge in [-0.15, -0.1) is 0 Å². The van der Waals surface area contributed by atoms with E-state index in [2.05, 4.69) is 24.1 Å². The van der Waals surface area contributed by atoms with E-state index in [4.69, 9.17) is 9.47 Å². The molecule has 0 amide bonds. The number of rotatable bonds is 5. The Balaban J connectivity index is 2.74. The fraction of sp³-hybridized carbons (Fsp3) is 0.929. The maximum Gasteiger partial charge on any atom is 0.327 e. The van der Waals surface area contributed by atoms with Crippen LogP contribution in [-0.2, 0) is 14.3 Å². The summed E-state index contributed by atoms with van der Waals surface area (Å²) in [6, 6.07) is 0.221. The molecule has 0 aromatic carbocycles. The highest BCUT2D eigenvalue weighted by molar-refractivity contribution is 5.80. The van der Waals surface area contributed by atoms with Crippen molar-refractivity contribution in [1.29, 1.82) is 0 Å². The average Bonchev–Trinajstić information content (AvgIpc) is 2.25. The Labute approximate surface area is 116 Å². The van der Waals surface area contributed by atoms with Crippen LogP contribution in [0.4, 0.5) is 0 Å². The van der Waals surface area contributed by atoms with E-state index in [0.29, 0.717) is 13.2 Å². The summed E-state index contributed by atoms with van der Waals surface area (Å²) in [7, 11) is 1.44. The van der Waals surface area contributed by atoms with Gasteiger partial charge in [0.2, 0.25) is 0 Å². The molecule has 0 bridgehead atoms. The van der Waals surface area contributed by atoms with E-state index in [0.717, 1.165) is 13.1 Å². The number of esters is 1. The van der Waals surface area contributed by atoms with Crippen LogP contribution in [0, 0.1) is 0 Å². The molecule has 1 fully saturated rings. The van der Waals surface area contributed by atoms with Crippen molar-refractivity contribution in [2.24, 2.45) is 0 Å². The Hall–Kier alpha value is -0.650. The molecule has 0 aromatic heterocycles. The van der Waals surface area contributed by atoms with Crippen LogP contribution >= 0.6 is 0 Å². The number of hydrogen-bond acceptors (Lipinski definition) is 5. The fourth-order valence-electron chi connectivity index (χ4n) is 2.73. The molecule has 0 aromatic rings. The van der Waals surface area contributed by atoms with Crippen molar-refractivity contribution in [2.75, 3.05) is 33.4 Å². The van der Waals surface area contributed by atoms with Crippen LogP contribution in [0.3, 0.4) is 0 Å². The zero-order valence-electron chi connectivity index (χ0n) is 13.1. The van der Waals surface area contributed by atoms with Crippen molar-refractivity contribution in [3.63, 3.8) is 0 Å². The molecule has 0 saturated carbocycles. The summed E-state index contributed by atoms with van der Waals surface area (Å²) in [5, 5.41) is 3.32. The van der Waals surface area contributed by atoms with Crippen molar-refractivity contribution in [2.45, 2.75) is 51.8 Å². The van der Waals surface area contributed by atoms with Gasteiger partial charge >= 0.3 is 5.97 Å². The largest absolute Gasteiger partial charge is 0.468 e. The number of ether oxygens (including phenoxy) is 2. The lowest BCUT2D eigenvalue weighted by molar-refractivity contribution is -0.151. The molecule has 1 heterocycles. The summed E-state index contributed by atoms with van der Waals surface area (Å²) < 4.78 is 10.7. The third-order valence-corrected chi connectivity index (χ3v) is 3.29. The van der Waals surface area contributed by atoms with Gasteiger partial charge in [-0.3, -0.25) is 15.0 Å². The van der Waals surface area contributed by atoms with Crippen molar-refractivity contribution in [3.8, 4) is 0 Å². The predicted octanol–water partition coefficient (Wildman–Crippen LogP) is 1.03. The number of carbonyl (C=O) groups is 1. The predicted molar refractivity (Wildman–Crippen MR) is 75.2 cm³/mol. The Kier molecular flexibility index (Phi) is 5.35. The van der Waals surface area contributed by atoms with E-state index in [9.17, 15) is 4.79 Å². The molecule has 1 unspecified atom stereocenters. The minimum atomic E-state index is -0.684. The van der Waals surface area contributed by atoms with E-state index in [1.54, 1.807) is 0 Å². The lowest BCUT2D eigenvalue weighted by Crippen LogP contribution is -2.62. The summed E-state index contributed by atoms with van der Waals surface area (Å²) in [5.41, 5.74) is -0.844. The second-order valence-corrected chi connectivity index (χ2v) is 6.44. The van der Waals surface area contributed by atoms with Crippen LogP contribution in [0.2, 0.25) is 0 Å². The van der Waals surface area contributed by atoms with Gasteiger partial charge in [0, 0.05) is 25.7 Å². The van der Waals surface area contributed by atoms with Gasteiger partial charge in [-0.05, 0) is 34.6 Å². The van der Waals surface area contributed by atoms with E-state index in [1.165, 1.54) is 7.11 Å². The maximum absolute atomic E-state index is 12.1. The molecule has 1 atom stereocenters. The number of methoxy groups -OCH3 is 1. The molecule has 1 rings (SSSR count). The fourth-order valence-corrected chi connectivity index (χ4v) is 2.73. The average molecular weight is 272 g/mol. The van der Waals surface area contributed by atoms with Gasteiger partial charge in [0.25, 0.3) is 0 Å². The van der Waals surface area contributed by atoms with Crippen LogP contribution in [0.15, 0.2) is 0 Å². The lowest BCUT2D eigenvalue weighted by Gasteiger charge is -2.42. The van der Waals surface area contributed by atoms with Gasteiger partial charge in [0.1, 0.15) is 5.54 Å². The molecule has 0 radical (unpaired) electrons. The zero-order chi connectivity index (χ0) is 14.7. The topological polar surface area (TPSA) is 50.8 Å². The number of carbonyl (C=O) groups excluding carboxylic acids is 1. The molecule has 5 nitrogen and oxygen atoms in total. The Morgan fingerprint density at radius 2 is 2.16 bits per heavy atom. The van der Waals surface area contributed by atoms with Crippen LogP contribution in [-0.4, -0.2) is 61.4 Å². The minimum absolute atomic E-state index is 0.160. The third kappa shape index (κ3) is 4.75. The molecular formula is C14H28N2O3. The van der Waals surface area contributed by atoms with Gasteiger partial charge in [0.15, 0.2) is 0 Å². The molecule has 5 heteroatoms. The molecule has 19 heavy (non-hydrogen) atoms. The van der Waals surface area contributed by atoms with E-state index in [1.807, 2.05) is 20.8 Å². The van der Waals surface area contributed by atoms with Crippen molar-refractivity contribution in [1.82, 2.24) is 10.2 Å². The monoisotopic (exact) mass is 272 g/mol. The first-order chi connectivity index (χ1) is 8.68. The van der Waals surface area contributed by atoms with Gasteiger partial charge in [-0.1, -0.05) is 0 Å². The third-order valence-electron chi connectivity index (χ3n) is 3.29. The molecule has 1 saturated heterocycles. The summed E-state index contributed by atoms with van der Waals surface area (Å²) in [6.07, 6.45) is 0. The summed E-state index contributed by atoms with van der Waals surface area (Å²) in [5.74, 6) is -0.217. The zero-order valence-corrected chi connectivity index (χ0v) is 13.1. The van der Waals surface area contributed by atoms with Crippen molar-refractivity contribution < 1.29 is 14.3 Å². The number of nitrogens with zero attached hydrogens (tertiary/aromatic N) is 1. The number of morpholine rings is 1. The summed E-state index contributed by atoms with van der Waals surface area (Å²) >= 11 is 0. The standard InChI is InChI=1S/C14H28N2O3/c1-11(2)15-14(5,12(17)18-6)10-16-7-8-19-13(3,4)9-16/h11,15H,7-10H2,1-6H3. The molecular weight excluding hydrogens is 244 g/mol. The Morgan fingerprint density at radius 3 is 2.63 bits per heavy atom. The first-order valence-electron chi connectivity index (χ1n) is 6.91. The van der Waals surface area contributed by atoms with Crippen LogP contribution in [0.1, 0.15) is 34.6 Å². The number of nitrogens with one attached hydrogen (secondary N) is 1. The number of hydrogen-bond donors (Lipinski definition) is 1. The van der Waals surface area contributed by atoms with Gasteiger partial charge < -0.3 is 9.47 Å². The molecule has 1 aliphatic rings.